The molecule has 4 rings (SSSR count). The Labute approximate surface area is 203 Å². The maximum atomic E-state index is 13.4. The Morgan fingerprint density at radius 3 is 2.56 bits per heavy atom. The van der Waals surface area contributed by atoms with Gasteiger partial charge in [-0.15, -0.1) is 12.3 Å². The Balaban J connectivity index is 1.57. The minimum atomic E-state index is -0.441. The molecule has 174 valence electrons. The van der Waals surface area contributed by atoms with E-state index in [1.807, 2.05) is 19.1 Å². The third-order valence-electron chi connectivity index (χ3n) is 6.07. The quantitative estimate of drug-likeness (QED) is 0.444. The summed E-state index contributed by atoms with van der Waals surface area (Å²) in [6.07, 6.45) is 7.37. The molecule has 7 nitrogen and oxygen atoms in total. The minimum Gasteiger partial charge on any atom is -0.497 e. The third kappa shape index (κ3) is 4.82. The normalized spacial score (nSPS) is 13.5. The van der Waals surface area contributed by atoms with Crippen molar-refractivity contribution in [3.05, 3.63) is 64.3 Å². The molecule has 0 atom stereocenters. The molecule has 3 aromatic rings. The van der Waals surface area contributed by atoms with Crippen LogP contribution in [0.2, 0.25) is 5.02 Å². The first-order chi connectivity index (χ1) is 16.4. The van der Waals surface area contributed by atoms with Crippen LogP contribution in [0.3, 0.4) is 0 Å². The number of nitrogens with zero attached hydrogens (tertiary/aromatic N) is 3. The zero-order valence-electron chi connectivity index (χ0n) is 19.1. The number of rotatable bonds is 9. The van der Waals surface area contributed by atoms with Crippen molar-refractivity contribution < 1.29 is 14.3 Å². The van der Waals surface area contributed by atoms with Crippen molar-refractivity contribution in [1.29, 1.82) is 0 Å². The van der Waals surface area contributed by atoms with Gasteiger partial charge < -0.3 is 10.1 Å². The standard InChI is InChI=1S/C26H25ClN4O3/c1-4-5-12-26(29-30-26)13-14-28-24(32)16-21-17(2)31(23-11-10-20(34-3)15-22(21)23)25(33)18-6-8-19(27)9-7-18/h1,6-11,15H,5,12-14,16H2,2-3H3,(H,28,32). The van der Waals surface area contributed by atoms with Gasteiger partial charge in [0.1, 0.15) is 5.75 Å². The highest BCUT2D eigenvalue weighted by atomic mass is 35.5. The number of halogens is 1. The zero-order chi connectivity index (χ0) is 24.3. The molecule has 1 amide bonds. The van der Waals surface area contributed by atoms with Crippen LogP contribution in [0, 0.1) is 19.3 Å². The largest absolute Gasteiger partial charge is 0.497 e. The second-order valence-electron chi connectivity index (χ2n) is 8.26. The van der Waals surface area contributed by atoms with Gasteiger partial charge >= 0.3 is 0 Å². The lowest BCUT2D eigenvalue weighted by molar-refractivity contribution is -0.120. The number of fused-ring (bicyclic) bond motifs is 1. The van der Waals surface area contributed by atoms with Crippen molar-refractivity contribution in [3.8, 4) is 18.1 Å². The molecule has 0 bridgehead atoms. The van der Waals surface area contributed by atoms with E-state index < -0.39 is 5.66 Å². The number of hydrogen-bond donors (Lipinski definition) is 1. The molecule has 0 unspecified atom stereocenters. The minimum absolute atomic E-state index is 0.127. The van der Waals surface area contributed by atoms with E-state index in [-0.39, 0.29) is 18.2 Å². The summed E-state index contributed by atoms with van der Waals surface area (Å²) in [6, 6.07) is 12.2. The van der Waals surface area contributed by atoms with E-state index in [9.17, 15) is 9.59 Å². The molecule has 0 saturated heterocycles. The summed E-state index contributed by atoms with van der Waals surface area (Å²) in [5, 5.41) is 12.5. The van der Waals surface area contributed by atoms with Crippen LogP contribution in [-0.2, 0) is 11.2 Å². The monoisotopic (exact) mass is 476 g/mol. The Morgan fingerprint density at radius 2 is 1.91 bits per heavy atom. The number of carbonyl (C=O) groups excluding carboxylic acids is 2. The second-order valence-corrected chi connectivity index (χ2v) is 8.69. The molecule has 1 aliphatic rings. The summed E-state index contributed by atoms with van der Waals surface area (Å²) in [7, 11) is 1.58. The number of methoxy groups -OCH3 is 1. The number of nitrogens with one attached hydrogen (secondary N) is 1. The average Bonchev–Trinajstić information content (AvgIpc) is 3.56. The maximum Gasteiger partial charge on any atom is 0.262 e. The van der Waals surface area contributed by atoms with Gasteiger partial charge in [-0.3, -0.25) is 14.2 Å². The predicted molar refractivity (Wildman–Crippen MR) is 131 cm³/mol. The van der Waals surface area contributed by atoms with Gasteiger partial charge in [0.15, 0.2) is 5.66 Å². The lowest BCUT2D eigenvalue weighted by Crippen LogP contribution is -2.29. The molecule has 0 spiro atoms. The highest BCUT2D eigenvalue weighted by Gasteiger charge is 2.38. The molecule has 2 heterocycles. The number of ether oxygens (including phenoxy) is 1. The van der Waals surface area contributed by atoms with Crippen molar-refractivity contribution in [3.63, 3.8) is 0 Å². The molecule has 0 saturated carbocycles. The van der Waals surface area contributed by atoms with Gasteiger partial charge in [-0.05, 0) is 55.0 Å². The topological polar surface area (TPSA) is 85.0 Å². The molecule has 34 heavy (non-hydrogen) atoms. The van der Waals surface area contributed by atoms with Crippen molar-refractivity contribution >= 4 is 34.3 Å². The van der Waals surface area contributed by atoms with E-state index in [1.54, 1.807) is 42.0 Å². The van der Waals surface area contributed by atoms with E-state index in [0.29, 0.717) is 53.4 Å². The average molecular weight is 477 g/mol. The summed E-state index contributed by atoms with van der Waals surface area (Å²) < 4.78 is 7.02. The van der Waals surface area contributed by atoms with Crippen LogP contribution < -0.4 is 10.1 Å². The first-order valence-corrected chi connectivity index (χ1v) is 11.4. The fourth-order valence-corrected chi connectivity index (χ4v) is 4.22. The highest BCUT2D eigenvalue weighted by molar-refractivity contribution is 6.30. The van der Waals surface area contributed by atoms with Crippen LogP contribution in [0.4, 0.5) is 0 Å². The number of aromatic nitrogens is 1. The smallest absolute Gasteiger partial charge is 0.262 e. The summed E-state index contributed by atoms with van der Waals surface area (Å²) in [5.74, 6) is 2.92. The molecule has 0 radical (unpaired) electrons. The third-order valence-corrected chi connectivity index (χ3v) is 6.33. The first-order valence-electron chi connectivity index (χ1n) is 11.0. The molecule has 2 aromatic carbocycles. The summed E-state index contributed by atoms with van der Waals surface area (Å²) >= 11 is 5.99. The van der Waals surface area contributed by atoms with E-state index in [4.69, 9.17) is 22.8 Å². The lowest BCUT2D eigenvalue weighted by atomic mass is 10.0. The van der Waals surface area contributed by atoms with Crippen molar-refractivity contribution in [1.82, 2.24) is 9.88 Å². The second kappa shape index (κ2) is 9.70. The van der Waals surface area contributed by atoms with Gasteiger partial charge in [0.05, 0.1) is 19.0 Å². The molecule has 0 aliphatic carbocycles. The van der Waals surface area contributed by atoms with Crippen LogP contribution in [-0.4, -0.2) is 35.7 Å². The van der Waals surface area contributed by atoms with Crippen molar-refractivity contribution in [2.24, 2.45) is 10.2 Å². The number of terminal acetylenes is 1. The Morgan fingerprint density at radius 1 is 1.18 bits per heavy atom. The summed E-state index contributed by atoms with van der Waals surface area (Å²) in [4.78, 5) is 26.2. The fraction of sp³-hybridized carbons (Fsp3) is 0.308. The van der Waals surface area contributed by atoms with Gasteiger partial charge in [-0.2, -0.15) is 10.2 Å². The van der Waals surface area contributed by atoms with Crippen LogP contribution in [0.15, 0.2) is 52.7 Å². The van der Waals surface area contributed by atoms with Gasteiger partial charge in [-0.1, -0.05) is 11.6 Å². The van der Waals surface area contributed by atoms with E-state index in [0.717, 1.165) is 10.9 Å². The Hall–Kier alpha value is -3.63. The predicted octanol–water partition coefficient (Wildman–Crippen LogP) is 4.92. The number of benzene rings is 2. The van der Waals surface area contributed by atoms with Crippen molar-refractivity contribution in [2.75, 3.05) is 13.7 Å². The maximum absolute atomic E-state index is 13.4. The molecular weight excluding hydrogens is 452 g/mol. The van der Waals surface area contributed by atoms with Crippen LogP contribution in [0.5, 0.6) is 5.75 Å². The zero-order valence-corrected chi connectivity index (χ0v) is 19.9. The van der Waals surface area contributed by atoms with Gasteiger partial charge in [0, 0.05) is 47.5 Å². The number of amides is 1. The molecule has 1 aliphatic heterocycles. The fourth-order valence-electron chi connectivity index (χ4n) is 4.09. The Kier molecular flexibility index (Phi) is 6.71. The highest BCUT2D eigenvalue weighted by Crippen LogP contribution is 2.36. The molecular formula is C26H25ClN4O3. The number of carbonyl (C=O) groups is 2. The first kappa shape index (κ1) is 23.5. The van der Waals surface area contributed by atoms with Gasteiger partial charge in [-0.25, -0.2) is 0 Å². The summed E-state index contributed by atoms with van der Waals surface area (Å²) in [5.41, 5.74) is 2.26. The van der Waals surface area contributed by atoms with E-state index in [1.165, 1.54) is 0 Å². The SMILES string of the molecule is C#CCCC1(CCNC(=O)Cc2c(C)n(C(=O)c3ccc(Cl)cc3)c3ccc(OC)cc23)N=N1. The van der Waals surface area contributed by atoms with E-state index >= 15 is 0 Å². The van der Waals surface area contributed by atoms with E-state index in [2.05, 4.69) is 21.5 Å². The molecule has 8 heteroatoms. The molecule has 1 N–H and O–H groups in total. The van der Waals surface area contributed by atoms with Crippen LogP contribution in [0.1, 0.15) is 40.9 Å². The molecule has 1 aromatic heterocycles. The summed E-state index contributed by atoms with van der Waals surface area (Å²) in [6.45, 7) is 2.29. The van der Waals surface area contributed by atoms with Gasteiger partial charge in [0.25, 0.3) is 5.91 Å². The Bertz CT molecular complexity index is 1310. The van der Waals surface area contributed by atoms with Crippen LogP contribution >= 0.6 is 11.6 Å². The van der Waals surface area contributed by atoms with Gasteiger partial charge in [0.2, 0.25) is 5.91 Å². The van der Waals surface area contributed by atoms with Crippen LogP contribution in [0.25, 0.3) is 10.9 Å². The number of hydrogen-bond acceptors (Lipinski definition) is 5. The lowest BCUT2D eigenvalue weighted by Gasteiger charge is -2.10. The molecule has 0 fully saturated rings. The van der Waals surface area contributed by atoms with Crippen molar-refractivity contribution in [2.45, 2.75) is 38.3 Å².